The van der Waals surface area contributed by atoms with Crippen LogP contribution in [0, 0.1) is 13.8 Å². The Bertz CT molecular complexity index is 348. The zero-order valence-electron chi connectivity index (χ0n) is 10.2. The smallest absolute Gasteiger partial charge is 0.113 e. The molecule has 1 fully saturated rings. The molecule has 1 aliphatic carbocycles. The van der Waals surface area contributed by atoms with Crippen LogP contribution in [-0.2, 0) is 10.3 Å². The van der Waals surface area contributed by atoms with Gasteiger partial charge in [-0.2, -0.15) is 0 Å². The van der Waals surface area contributed by atoms with E-state index in [1.807, 2.05) is 0 Å². The number of ether oxygens (including phenoxy) is 1. The third-order valence-corrected chi connectivity index (χ3v) is 4.91. The van der Waals surface area contributed by atoms with Crippen molar-refractivity contribution in [2.75, 3.05) is 7.11 Å². The average molecular weight is 240 g/mol. The summed E-state index contributed by atoms with van der Waals surface area (Å²) in [5.41, 5.74) is 7.39. The lowest BCUT2D eigenvalue weighted by molar-refractivity contribution is 0.0493. The monoisotopic (exact) mass is 240 g/mol. The molecule has 1 aromatic rings. The highest BCUT2D eigenvalue weighted by Crippen LogP contribution is 2.38. The van der Waals surface area contributed by atoms with Gasteiger partial charge in [-0.05, 0) is 39.5 Å². The summed E-state index contributed by atoms with van der Waals surface area (Å²) < 4.78 is 5.38. The van der Waals surface area contributed by atoms with Gasteiger partial charge in [-0.1, -0.05) is 0 Å². The lowest BCUT2D eigenvalue weighted by Crippen LogP contribution is -2.41. The van der Waals surface area contributed by atoms with Crippen LogP contribution in [0.15, 0.2) is 0 Å². The van der Waals surface area contributed by atoms with E-state index in [9.17, 15) is 0 Å². The van der Waals surface area contributed by atoms with Crippen LogP contribution >= 0.6 is 11.3 Å². The van der Waals surface area contributed by atoms with Gasteiger partial charge in [-0.25, -0.2) is 4.98 Å². The van der Waals surface area contributed by atoms with Crippen LogP contribution in [0.2, 0.25) is 0 Å². The van der Waals surface area contributed by atoms with E-state index >= 15 is 0 Å². The second-order valence-electron chi connectivity index (χ2n) is 4.75. The fourth-order valence-electron chi connectivity index (χ4n) is 2.24. The van der Waals surface area contributed by atoms with Crippen molar-refractivity contribution in [3.05, 3.63) is 15.6 Å². The highest BCUT2D eigenvalue weighted by atomic mass is 32.1. The molecule has 1 heterocycles. The highest BCUT2D eigenvalue weighted by Gasteiger charge is 2.35. The average Bonchev–Trinajstić information content (AvgIpc) is 2.61. The van der Waals surface area contributed by atoms with Gasteiger partial charge in [0.1, 0.15) is 5.01 Å². The minimum absolute atomic E-state index is 0.210. The molecular formula is C12H20N2OS. The summed E-state index contributed by atoms with van der Waals surface area (Å²) in [7, 11) is 1.78. The first-order valence-electron chi connectivity index (χ1n) is 5.81. The Balaban J connectivity index is 2.14. The van der Waals surface area contributed by atoms with Gasteiger partial charge >= 0.3 is 0 Å². The Labute approximate surface area is 101 Å². The molecule has 1 saturated carbocycles. The SMILES string of the molecule is COC1CCC(N)(c2nc(C)c(C)s2)CC1. The Hall–Kier alpha value is -0.450. The maximum absolute atomic E-state index is 6.47. The van der Waals surface area contributed by atoms with Crippen molar-refractivity contribution >= 4 is 11.3 Å². The van der Waals surface area contributed by atoms with Gasteiger partial charge in [0.2, 0.25) is 0 Å². The third kappa shape index (κ3) is 2.14. The van der Waals surface area contributed by atoms with E-state index in [-0.39, 0.29) is 5.54 Å². The van der Waals surface area contributed by atoms with Crippen molar-refractivity contribution in [1.82, 2.24) is 4.98 Å². The predicted molar refractivity (Wildman–Crippen MR) is 66.7 cm³/mol. The summed E-state index contributed by atoms with van der Waals surface area (Å²) in [4.78, 5) is 5.90. The van der Waals surface area contributed by atoms with Crippen LogP contribution in [-0.4, -0.2) is 18.2 Å². The van der Waals surface area contributed by atoms with Crippen molar-refractivity contribution in [1.29, 1.82) is 0 Å². The van der Waals surface area contributed by atoms with Gasteiger partial charge in [0, 0.05) is 12.0 Å². The Morgan fingerprint density at radius 1 is 1.38 bits per heavy atom. The van der Waals surface area contributed by atoms with Crippen molar-refractivity contribution in [3.8, 4) is 0 Å². The fourth-order valence-corrected chi connectivity index (χ4v) is 3.32. The molecule has 0 unspecified atom stereocenters. The number of nitrogens with zero attached hydrogens (tertiary/aromatic N) is 1. The maximum atomic E-state index is 6.47. The van der Waals surface area contributed by atoms with Crippen molar-refractivity contribution in [3.63, 3.8) is 0 Å². The predicted octanol–water partition coefficient (Wildman–Crippen LogP) is 2.50. The third-order valence-electron chi connectivity index (χ3n) is 3.61. The van der Waals surface area contributed by atoms with Crippen molar-refractivity contribution in [2.45, 2.75) is 51.2 Å². The standard InChI is InChI=1S/C12H20N2OS/c1-8-9(2)16-11(14-8)12(13)6-4-10(15-3)5-7-12/h10H,4-7,13H2,1-3H3. The summed E-state index contributed by atoms with van der Waals surface area (Å²) in [6, 6.07) is 0. The first kappa shape index (κ1) is 12.0. The van der Waals surface area contributed by atoms with Gasteiger partial charge in [0.05, 0.1) is 17.3 Å². The molecule has 90 valence electrons. The van der Waals surface area contributed by atoms with E-state index in [1.54, 1.807) is 18.4 Å². The van der Waals surface area contributed by atoms with Crippen molar-refractivity contribution < 1.29 is 4.74 Å². The maximum Gasteiger partial charge on any atom is 0.113 e. The minimum atomic E-state index is -0.210. The summed E-state index contributed by atoms with van der Waals surface area (Å²) in [6.45, 7) is 4.17. The van der Waals surface area contributed by atoms with E-state index in [2.05, 4.69) is 18.8 Å². The van der Waals surface area contributed by atoms with Crippen molar-refractivity contribution in [2.24, 2.45) is 5.73 Å². The van der Waals surface area contributed by atoms with Gasteiger partial charge < -0.3 is 10.5 Å². The highest BCUT2D eigenvalue weighted by molar-refractivity contribution is 7.11. The van der Waals surface area contributed by atoms with Crippen LogP contribution in [0.5, 0.6) is 0 Å². The topological polar surface area (TPSA) is 48.1 Å². The lowest BCUT2D eigenvalue weighted by atomic mass is 9.81. The Morgan fingerprint density at radius 2 is 2.00 bits per heavy atom. The van der Waals surface area contributed by atoms with Crippen LogP contribution in [0.25, 0.3) is 0 Å². The zero-order chi connectivity index (χ0) is 11.8. The fraction of sp³-hybridized carbons (Fsp3) is 0.750. The van der Waals surface area contributed by atoms with E-state index in [0.717, 1.165) is 36.4 Å². The molecule has 0 bridgehead atoms. The van der Waals surface area contributed by atoms with Crippen LogP contribution in [0.3, 0.4) is 0 Å². The van der Waals surface area contributed by atoms with E-state index in [4.69, 9.17) is 10.5 Å². The molecule has 0 spiro atoms. The molecule has 0 aromatic carbocycles. The molecule has 16 heavy (non-hydrogen) atoms. The molecule has 4 heteroatoms. The largest absolute Gasteiger partial charge is 0.381 e. The molecule has 0 radical (unpaired) electrons. The van der Waals surface area contributed by atoms with E-state index in [1.165, 1.54) is 4.88 Å². The molecular weight excluding hydrogens is 220 g/mol. The number of hydrogen-bond acceptors (Lipinski definition) is 4. The van der Waals surface area contributed by atoms with E-state index in [0.29, 0.717) is 6.10 Å². The number of rotatable bonds is 2. The number of aromatic nitrogens is 1. The summed E-state index contributed by atoms with van der Waals surface area (Å²) in [6.07, 6.45) is 4.45. The number of thiazole rings is 1. The molecule has 2 rings (SSSR count). The molecule has 1 aromatic heterocycles. The normalized spacial score (nSPS) is 30.6. The van der Waals surface area contributed by atoms with Gasteiger partial charge in [-0.3, -0.25) is 0 Å². The van der Waals surface area contributed by atoms with Crippen LogP contribution in [0.4, 0.5) is 0 Å². The number of methoxy groups -OCH3 is 1. The van der Waals surface area contributed by atoms with Crippen LogP contribution < -0.4 is 5.73 Å². The molecule has 0 atom stereocenters. The first-order chi connectivity index (χ1) is 7.55. The summed E-state index contributed by atoms with van der Waals surface area (Å²) in [5, 5.41) is 1.11. The molecule has 0 saturated heterocycles. The molecule has 2 N–H and O–H groups in total. The number of aryl methyl sites for hydroxylation is 2. The minimum Gasteiger partial charge on any atom is -0.381 e. The molecule has 1 aliphatic rings. The summed E-state index contributed by atoms with van der Waals surface area (Å²) >= 11 is 1.75. The Kier molecular flexibility index (Phi) is 3.33. The lowest BCUT2D eigenvalue weighted by Gasteiger charge is -2.35. The van der Waals surface area contributed by atoms with Gasteiger partial charge in [0.25, 0.3) is 0 Å². The van der Waals surface area contributed by atoms with E-state index < -0.39 is 0 Å². The number of nitrogens with two attached hydrogens (primary N) is 1. The first-order valence-corrected chi connectivity index (χ1v) is 6.63. The quantitative estimate of drug-likeness (QED) is 0.864. The summed E-state index contributed by atoms with van der Waals surface area (Å²) in [5.74, 6) is 0. The number of hydrogen-bond donors (Lipinski definition) is 1. The molecule has 0 aliphatic heterocycles. The molecule has 0 amide bonds. The second-order valence-corrected chi connectivity index (χ2v) is 5.96. The molecule has 3 nitrogen and oxygen atoms in total. The van der Waals surface area contributed by atoms with Gasteiger partial charge in [-0.15, -0.1) is 11.3 Å². The van der Waals surface area contributed by atoms with Crippen LogP contribution in [0.1, 0.15) is 41.3 Å². The second kappa shape index (κ2) is 4.43. The van der Waals surface area contributed by atoms with Gasteiger partial charge in [0.15, 0.2) is 0 Å². The zero-order valence-corrected chi connectivity index (χ0v) is 11.1. The Morgan fingerprint density at radius 3 is 2.44 bits per heavy atom.